The molecule has 0 spiro atoms. The van der Waals surface area contributed by atoms with Gasteiger partial charge in [-0.15, -0.1) is 0 Å². The Hall–Kier alpha value is -0.570. The molecule has 0 radical (unpaired) electrons. The molecular formula is C10H17NO2. The lowest BCUT2D eigenvalue weighted by Gasteiger charge is -2.40. The van der Waals surface area contributed by atoms with Crippen LogP contribution in [0.5, 0.6) is 0 Å². The molecule has 0 atom stereocenters. The minimum atomic E-state index is -0.0233. The SMILES string of the molecule is COC1(CNC(=O)C2CC2)CCC1. The van der Waals surface area contributed by atoms with Gasteiger partial charge in [-0.25, -0.2) is 0 Å². The van der Waals surface area contributed by atoms with Crippen LogP contribution < -0.4 is 5.32 Å². The largest absolute Gasteiger partial charge is 0.376 e. The summed E-state index contributed by atoms with van der Waals surface area (Å²) in [4.78, 5) is 11.3. The van der Waals surface area contributed by atoms with E-state index >= 15 is 0 Å². The lowest BCUT2D eigenvalue weighted by atomic mass is 9.80. The minimum Gasteiger partial charge on any atom is -0.376 e. The fraction of sp³-hybridized carbons (Fsp3) is 0.900. The van der Waals surface area contributed by atoms with Crippen LogP contribution in [0.25, 0.3) is 0 Å². The van der Waals surface area contributed by atoms with Crippen LogP contribution in [0.4, 0.5) is 0 Å². The second-order valence-corrected chi connectivity index (χ2v) is 4.23. The summed E-state index contributed by atoms with van der Waals surface area (Å²) in [6, 6.07) is 0. The van der Waals surface area contributed by atoms with Crippen molar-refractivity contribution in [1.82, 2.24) is 5.32 Å². The number of hydrogen-bond acceptors (Lipinski definition) is 2. The van der Waals surface area contributed by atoms with Crippen molar-refractivity contribution in [2.24, 2.45) is 5.92 Å². The molecule has 2 saturated carbocycles. The molecule has 3 heteroatoms. The van der Waals surface area contributed by atoms with Gasteiger partial charge in [-0.05, 0) is 32.1 Å². The molecule has 2 fully saturated rings. The standard InChI is InChI=1S/C10H17NO2/c1-13-10(5-2-6-10)7-11-9(12)8-3-4-8/h8H,2-7H2,1H3,(H,11,12). The van der Waals surface area contributed by atoms with E-state index in [1.165, 1.54) is 6.42 Å². The van der Waals surface area contributed by atoms with Gasteiger partial charge in [-0.3, -0.25) is 4.79 Å². The maximum atomic E-state index is 11.3. The molecule has 0 bridgehead atoms. The molecule has 0 saturated heterocycles. The normalized spacial score (nSPS) is 25.0. The first-order chi connectivity index (χ1) is 6.26. The van der Waals surface area contributed by atoms with Gasteiger partial charge in [0.2, 0.25) is 5.91 Å². The third-order valence-corrected chi connectivity index (χ3v) is 3.23. The fourth-order valence-electron chi connectivity index (χ4n) is 1.76. The summed E-state index contributed by atoms with van der Waals surface area (Å²) in [5.41, 5.74) is -0.0233. The highest BCUT2D eigenvalue weighted by Crippen LogP contribution is 2.35. The van der Waals surface area contributed by atoms with E-state index in [1.807, 2.05) is 0 Å². The highest BCUT2D eigenvalue weighted by Gasteiger charge is 2.38. The van der Waals surface area contributed by atoms with E-state index < -0.39 is 0 Å². The van der Waals surface area contributed by atoms with Crippen LogP contribution in [0.15, 0.2) is 0 Å². The van der Waals surface area contributed by atoms with Crippen LogP contribution in [-0.4, -0.2) is 25.2 Å². The van der Waals surface area contributed by atoms with Crippen LogP contribution in [-0.2, 0) is 9.53 Å². The predicted octanol–water partition coefficient (Wildman–Crippen LogP) is 1.08. The van der Waals surface area contributed by atoms with E-state index in [4.69, 9.17) is 4.74 Å². The number of ether oxygens (including phenoxy) is 1. The molecule has 0 aromatic heterocycles. The second-order valence-electron chi connectivity index (χ2n) is 4.23. The Morgan fingerprint density at radius 3 is 2.62 bits per heavy atom. The lowest BCUT2D eigenvalue weighted by molar-refractivity contribution is -0.126. The van der Waals surface area contributed by atoms with Gasteiger partial charge in [0.15, 0.2) is 0 Å². The number of nitrogens with one attached hydrogen (secondary N) is 1. The van der Waals surface area contributed by atoms with Gasteiger partial charge < -0.3 is 10.1 Å². The summed E-state index contributed by atoms with van der Waals surface area (Å²) < 4.78 is 5.41. The zero-order chi connectivity index (χ0) is 9.31. The van der Waals surface area contributed by atoms with E-state index in [2.05, 4.69) is 5.32 Å². The Labute approximate surface area is 78.8 Å². The van der Waals surface area contributed by atoms with Gasteiger partial charge in [-0.1, -0.05) is 0 Å². The third-order valence-electron chi connectivity index (χ3n) is 3.23. The van der Waals surface area contributed by atoms with Gasteiger partial charge in [0.1, 0.15) is 0 Å². The summed E-state index contributed by atoms with van der Waals surface area (Å²) in [7, 11) is 1.74. The molecule has 0 heterocycles. The summed E-state index contributed by atoms with van der Waals surface area (Å²) >= 11 is 0. The zero-order valence-corrected chi connectivity index (χ0v) is 8.14. The number of hydrogen-bond donors (Lipinski definition) is 1. The molecule has 1 amide bonds. The molecule has 0 aromatic rings. The van der Waals surface area contributed by atoms with Crippen molar-refractivity contribution in [3.05, 3.63) is 0 Å². The van der Waals surface area contributed by atoms with Crippen LogP contribution in [0, 0.1) is 5.92 Å². The molecular weight excluding hydrogens is 166 g/mol. The average Bonchev–Trinajstić information content (AvgIpc) is 2.85. The average molecular weight is 183 g/mol. The van der Waals surface area contributed by atoms with Crippen LogP contribution in [0.1, 0.15) is 32.1 Å². The second kappa shape index (κ2) is 3.29. The van der Waals surface area contributed by atoms with Crippen molar-refractivity contribution in [3.8, 4) is 0 Å². The van der Waals surface area contributed by atoms with Crippen LogP contribution in [0.2, 0.25) is 0 Å². The van der Waals surface area contributed by atoms with E-state index in [1.54, 1.807) is 7.11 Å². The van der Waals surface area contributed by atoms with Gasteiger partial charge in [0, 0.05) is 19.6 Å². The molecule has 2 aliphatic carbocycles. The van der Waals surface area contributed by atoms with Crippen LogP contribution >= 0.6 is 0 Å². The van der Waals surface area contributed by atoms with Gasteiger partial charge in [0.05, 0.1) is 5.60 Å². The first-order valence-corrected chi connectivity index (χ1v) is 5.09. The molecule has 0 aromatic carbocycles. The molecule has 2 rings (SSSR count). The Morgan fingerprint density at radius 2 is 2.23 bits per heavy atom. The number of carbonyl (C=O) groups excluding carboxylic acids is 1. The monoisotopic (exact) mass is 183 g/mol. The van der Waals surface area contributed by atoms with Gasteiger partial charge in [0.25, 0.3) is 0 Å². The number of methoxy groups -OCH3 is 1. The van der Waals surface area contributed by atoms with E-state index in [0.717, 1.165) is 25.7 Å². The van der Waals surface area contributed by atoms with Crippen molar-refractivity contribution >= 4 is 5.91 Å². The first kappa shape index (κ1) is 9.00. The topological polar surface area (TPSA) is 38.3 Å². The Morgan fingerprint density at radius 1 is 1.54 bits per heavy atom. The number of rotatable bonds is 4. The summed E-state index contributed by atoms with van der Waals surface area (Å²) in [6.45, 7) is 0.707. The van der Waals surface area contributed by atoms with Crippen molar-refractivity contribution in [2.75, 3.05) is 13.7 Å². The summed E-state index contributed by atoms with van der Waals surface area (Å²) in [5, 5.41) is 2.97. The molecule has 1 N–H and O–H groups in total. The molecule has 0 aliphatic heterocycles. The quantitative estimate of drug-likeness (QED) is 0.708. The zero-order valence-electron chi connectivity index (χ0n) is 8.14. The predicted molar refractivity (Wildman–Crippen MR) is 49.3 cm³/mol. The van der Waals surface area contributed by atoms with E-state index in [9.17, 15) is 4.79 Å². The summed E-state index contributed by atoms with van der Waals surface area (Å²) in [6.07, 6.45) is 5.56. The maximum absolute atomic E-state index is 11.3. The summed E-state index contributed by atoms with van der Waals surface area (Å²) in [5.74, 6) is 0.539. The first-order valence-electron chi connectivity index (χ1n) is 5.09. The van der Waals surface area contributed by atoms with E-state index in [-0.39, 0.29) is 11.5 Å². The highest BCUT2D eigenvalue weighted by atomic mass is 16.5. The number of amides is 1. The molecule has 74 valence electrons. The Kier molecular flexibility index (Phi) is 2.28. The highest BCUT2D eigenvalue weighted by molar-refractivity contribution is 5.80. The lowest BCUT2D eigenvalue weighted by Crippen LogP contribution is -2.49. The maximum Gasteiger partial charge on any atom is 0.223 e. The minimum absolute atomic E-state index is 0.0233. The van der Waals surface area contributed by atoms with Crippen molar-refractivity contribution in [3.63, 3.8) is 0 Å². The molecule has 13 heavy (non-hydrogen) atoms. The smallest absolute Gasteiger partial charge is 0.223 e. The fourth-order valence-corrected chi connectivity index (χ4v) is 1.76. The van der Waals surface area contributed by atoms with Gasteiger partial charge >= 0.3 is 0 Å². The van der Waals surface area contributed by atoms with Crippen molar-refractivity contribution < 1.29 is 9.53 Å². The van der Waals surface area contributed by atoms with E-state index in [0.29, 0.717) is 12.5 Å². The number of carbonyl (C=O) groups is 1. The molecule has 2 aliphatic rings. The third kappa shape index (κ3) is 1.85. The van der Waals surface area contributed by atoms with Crippen molar-refractivity contribution in [1.29, 1.82) is 0 Å². The molecule has 3 nitrogen and oxygen atoms in total. The Balaban J connectivity index is 1.73. The molecule has 0 unspecified atom stereocenters. The Bertz CT molecular complexity index is 201. The van der Waals surface area contributed by atoms with Gasteiger partial charge in [-0.2, -0.15) is 0 Å². The van der Waals surface area contributed by atoms with Crippen molar-refractivity contribution in [2.45, 2.75) is 37.7 Å². The van der Waals surface area contributed by atoms with Crippen LogP contribution in [0.3, 0.4) is 0 Å².